The van der Waals surface area contributed by atoms with E-state index in [1.807, 2.05) is 18.2 Å². The molecule has 1 aliphatic rings. The van der Waals surface area contributed by atoms with Gasteiger partial charge in [-0.25, -0.2) is 9.37 Å². The number of rotatable bonds is 4. The zero-order valence-electron chi connectivity index (χ0n) is 14.8. The van der Waals surface area contributed by atoms with E-state index in [9.17, 15) is 4.39 Å². The van der Waals surface area contributed by atoms with Crippen LogP contribution in [0.15, 0.2) is 48.7 Å². The van der Waals surface area contributed by atoms with Crippen molar-refractivity contribution in [3.63, 3.8) is 0 Å². The number of nitrogens with zero attached hydrogens (tertiary/aromatic N) is 4. The van der Waals surface area contributed by atoms with E-state index in [0.717, 1.165) is 30.1 Å². The van der Waals surface area contributed by atoms with Crippen molar-refractivity contribution in [3.05, 3.63) is 65.1 Å². The Morgan fingerprint density at radius 3 is 2.85 bits per heavy atom. The molecule has 0 amide bonds. The summed E-state index contributed by atoms with van der Waals surface area (Å²) in [5.41, 5.74) is 2.34. The van der Waals surface area contributed by atoms with Gasteiger partial charge in [0.05, 0.1) is 19.0 Å². The standard InChI is InChI=1S/C20H18ClFN4O/c1-27-19-7-6-13(10-17(19)22)18-11-23-25-20(24-18)26-9-8-14(12-26)15-4-2-3-5-16(15)21/h2-7,10-11,14H,8-9,12H2,1H3. The van der Waals surface area contributed by atoms with Crippen molar-refractivity contribution >= 4 is 17.5 Å². The molecule has 7 heteroatoms. The van der Waals surface area contributed by atoms with E-state index in [1.54, 1.807) is 12.1 Å². The highest BCUT2D eigenvalue weighted by Crippen LogP contribution is 2.33. The van der Waals surface area contributed by atoms with Crippen LogP contribution in [0.5, 0.6) is 5.75 Å². The molecule has 2 aromatic carbocycles. The minimum absolute atomic E-state index is 0.197. The Morgan fingerprint density at radius 2 is 2.07 bits per heavy atom. The second-order valence-corrected chi connectivity index (χ2v) is 6.85. The molecule has 0 bridgehead atoms. The molecule has 1 aliphatic heterocycles. The minimum atomic E-state index is -0.435. The first-order chi connectivity index (χ1) is 13.2. The molecule has 0 spiro atoms. The number of aromatic nitrogens is 3. The van der Waals surface area contributed by atoms with Gasteiger partial charge in [-0.15, -0.1) is 5.10 Å². The zero-order valence-corrected chi connectivity index (χ0v) is 15.5. The predicted molar refractivity (Wildman–Crippen MR) is 103 cm³/mol. The number of halogens is 2. The van der Waals surface area contributed by atoms with Crippen LogP contribution < -0.4 is 9.64 Å². The fourth-order valence-corrected chi connectivity index (χ4v) is 3.68. The topological polar surface area (TPSA) is 51.1 Å². The number of ether oxygens (including phenoxy) is 1. The van der Waals surface area contributed by atoms with Gasteiger partial charge in [0.1, 0.15) is 0 Å². The van der Waals surface area contributed by atoms with Gasteiger partial charge in [0.25, 0.3) is 0 Å². The Balaban J connectivity index is 1.57. The molecule has 3 aromatic rings. The maximum absolute atomic E-state index is 14.0. The Kier molecular flexibility index (Phi) is 4.90. The normalized spacial score (nSPS) is 16.6. The maximum atomic E-state index is 14.0. The molecule has 27 heavy (non-hydrogen) atoms. The van der Waals surface area contributed by atoms with Gasteiger partial charge in [0, 0.05) is 29.6 Å². The van der Waals surface area contributed by atoms with Gasteiger partial charge in [-0.1, -0.05) is 29.8 Å². The Hall–Kier alpha value is -2.73. The first-order valence-electron chi connectivity index (χ1n) is 8.68. The van der Waals surface area contributed by atoms with Crippen molar-refractivity contribution < 1.29 is 9.13 Å². The highest BCUT2D eigenvalue weighted by molar-refractivity contribution is 6.31. The average Bonchev–Trinajstić information content (AvgIpc) is 3.18. The zero-order chi connectivity index (χ0) is 18.8. The number of benzene rings is 2. The van der Waals surface area contributed by atoms with Gasteiger partial charge in [-0.2, -0.15) is 5.10 Å². The molecule has 1 aromatic heterocycles. The number of hydrogen-bond acceptors (Lipinski definition) is 5. The van der Waals surface area contributed by atoms with Crippen molar-refractivity contribution in [2.75, 3.05) is 25.1 Å². The summed E-state index contributed by atoms with van der Waals surface area (Å²) in [4.78, 5) is 6.67. The van der Waals surface area contributed by atoms with Gasteiger partial charge >= 0.3 is 0 Å². The van der Waals surface area contributed by atoms with E-state index in [0.29, 0.717) is 23.1 Å². The average molecular weight is 385 g/mol. The Labute approximate surface area is 161 Å². The van der Waals surface area contributed by atoms with Gasteiger partial charge in [-0.3, -0.25) is 0 Å². The Morgan fingerprint density at radius 1 is 1.22 bits per heavy atom. The highest BCUT2D eigenvalue weighted by Gasteiger charge is 2.27. The maximum Gasteiger partial charge on any atom is 0.245 e. The van der Waals surface area contributed by atoms with Crippen molar-refractivity contribution in [2.45, 2.75) is 12.3 Å². The number of anilines is 1. The molecule has 1 unspecified atom stereocenters. The molecule has 138 valence electrons. The molecule has 0 N–H and O–H groups in total. The van der Waals surface area contributed by atoms with Crippen LogP contribution in [0.1, 0.15) is 17.9 Å². The van der Waals surface area contributed by atoms with Crippen molar-refractivity contribution in [1.29, 1.82) is 0 Å². The van der Waals surface area contributed by atoms with Crippen LogP contribution >= 0.6 is 11.6 Å². The van der Waals surface area contributed by atoms with Crippen LogP contribution in [-0.4, -0.2) is 35.4 Å². The lowest BCUT2D eigenvalue weighted by Crippen LogP contribution is -2.22. The molecule has 0 aliphatic carbocycles. The molecular formula is C20H18ClFN4O. The van der Waals surface area contributed by atoms with Gasteiger partial charge in [0.2, 0.25) is 5.95 Å². The lowest BCUT2D eigenvalue weighted by molar-refractivity contribution is 0.386. The van der Waals surface area contributed by atoms with Gasteiger partial charge < -0.3 is 9.64 Å². The van der Waals surface area contributed by atoms with E-state index in [1.165, 1.54) is 19.4 Å². The minimum Gasteiger partial charge on any atom is -0.494 e. The SMILES string of the molecule is COc1ccc(-c2cnnc(N3CCC(c4ccccc4Cl)C3)n2)cc1F. The summed E-state index contributed by atoms with van der Waals surface area (Å²) in [5.74, 6) is 0.626. The molecule has 0 saturated carbocycles. The third-order valence-corrected chi connectivity index (χ3v) is 5.16. The third-order valence-electron chi connectivity index (χ3n) is 4.81. The summed E-state index contributed by atoms with van der Waals surface area (Å²) in [6.07, 6.45) is 2.50. The van der Waals surface area contributed by atoms with Crippen LogP contribution in [0.4, 0.5) is 10.3 Å². The Bertz CT molecular complexity index is 968. The van der Waals surface area contributed by atoms with Crippen LogP contribution in [-0.2, 0) is 0 Å². The molecule has 5 nitrogen and oxygen atoms in total. The van der Waals surface area contributed by atoms with E-state index < -0.39 is 5.82 Å². The van der Waals surface area contributed by atoms with Crippen LogP contribution in [0.3, 0.4) is 0 Å². The lowest BCUT2D eigenvalue weighted by Gasteiger charge is -2.17. The molecule has 1 saturated heterocycles. The van der Waals surface area contributed by atoms with E-state index >= 15 is 0 Å². The van der Waals surface area contributed by atoms with Crippen molar-refractivity contribution in [1.82, 2.24) is 15.2 Å². The van der Waals surface area contributed by atoms with E-state index in [-0.39, 0.29) is 5.75 Å². The fourth-order valence-electron chi connectivity index (χ4n) is 3.39. The predicted octanol–water partition coefficient (Wildman–Crippen LogP) is 4.33. The number of methoxy groups -OCH3 is 1. The molecule has 1 fully saturated rings. The molecule has 4 rings (SSSR count). The van der Waals surface area contributed by atoms with E-state index in [2.05, 4.69) is 26.1 Å². The first-order valence-corrected chi connectivity index (χ1v) is 9.06. The van der Waals surface area contributed by atoms with E-state index in [4.69, 9.17) is 16.3 Å². The number of hydrogen-bond donors (Lipinski definition) is 0. The summed E-state index contributed by atoms with van der Waals surface area (Å²) in [6, 6.07) is 12.6. The third kappa shape index (κ3) is 3.57. The molecular weight excluding hydrogens is 367 g/mol. The van der Waals surface area contributed by atoms with Gasteiger partial charge in [0.15, 0.2) is 11.6 Å². The van der Waals surface area contributed by atoms with Crippen LogP contribution in [0.25, 0.3) is 11.3 Å². The monoisotopic (exact) mass is 384 g/mol. The van der Waals surface area contributed by atoms with Crippen LogP contribution in [0.2, 0.25) is 5.02 Å². The van der Waals surface area contributed by atoms with Crippen molar-refractivity contribution in [3.8, 4) is 17.0 Å². The summed E-state index contributed by atoms with van der Waals surface area (Å²) < 4.78 is 19.0. The molecule has 0 radical (unpaired) electrons. The first kappa shape index (κ1) is 17.7. The fraction of sp³-hybridized carbons (Fsp3) is 0.250. The summed E-state index contributed by atoms with van der Waals surface area (Å²) in [5, 5.41) is 9.01. The quantitative estimate of drug-likeness (QED) is 0.670. The lowest BCUT2D eigenvalue weighted by atomic mass is 9.98. The van der Waals surface area contributed by atoms with Crippen LogP contribution in [0, 0.1) is 5.82 Å². The summed E-state index contributed by atoms with van der Waals surface area (Å²) in [7, 11) is 1.44. The molecule has 1 atom stereocenters. The summed E-state index contributed by atoms with van der Waals surface area (Å²) >= 11 is 6.33. The second-order valence-electron chi connectivity index (χ2n) is 6.44. The van der Waals surface area contributed by atoms with Crippen molar-refractivity contribution in [2.24, 2.45) is 0 Å². The largest absolute Gasteiger partial charge is 0.494 e. The highest BCUT2D eigenvalue weighted by atomic mass is 35.5. The van der Waals surface area contributed by atoms with Gasteiger partial charge in [-0.05, 0) is 36.2 Å². The smallest absolute Gasteiger partial charge is 0.245 e. The second kappa shape index (κ2) is 7.48. The molecule has 2 heterocycles. The summed E-state index contributed by atoms with van der Waals surface area (Å²) in [6.45, 7) is 1.59.